The SMILES string of the molecule is Cl.NC(C(=O)N1CCS(=O)CC1)c1ccccc1. The van der Waals surface area contributed by atoms with E-state index in [9.17, 15) is 9.00 Å². The number of nitrogens with zero attached hydrogens (tertiary/aromatic N) is 1. The molecule has 6 heteroatoms. The molecule has 2 N–H and O–H groups in total. The number of hydrogen-bond donors (Lipinski definition) is 1. The number of carbonyl (C=O) groups excluding carboxylic acids is 1. The number of amides is 1. The van der Waals surface area contributed by atoms with E-state index in [-0.39, 0.29) is 18.3 Å². The Kier molecular flexibility index (Phi) is 5.78. The summed E-state index contributed by atoms with van der Waals surface area (Å²) in [4.78, 5) is 13.8. The number of carbonyl (C=O) groups is 1. The minimum atomic E-state index is -0.770. The average molecular weight is 289 g/mol. The maximum atomic E-state index is 12.1. The molecule has 0 radical (unpaired) electrons. The Balaban J connectivity index is 0.00000162. The van der Waals surface area contributed by atoms with Gasteiger partial charge in [-0.25, -0.2) is 0 Å². The highest BCUT2D eigenvalue weighted by molar-refractivity contribution is 7.85. The maximum absolute atomic E-state index is 12.1. The highest BCUT2D eigenvalue weighted by atomic mass is 35.5. The van der Waals surface area contributed by atoms with E-state index >= 15 is 0 Å². The molecule has 1 amide bonds. The van der Waals surface area contributed by atoms with Crippen molar-refractivity contribution in [3.63, 3.8) is 0 Å². The topological polar surface area (TPSA) is 63.4 Å². The highest BCUT2D eigenvalue weighted by Crippen LogP contribution is 2.14. The third-order valence-electron chi connectivity index (χ3n) is 2.91. The van der Waals surface area contributed by atoms with E-state index in [1.54, 1.807) is 4.90 Å². The Bertz CT molecular complexity index is 417. The molecule has 0 spiro atoms. The molecule has 1 aliphatic rings. The molecule has 1 aromatic rings. The lowest BCUT2D eigenvalue weighted by molar-refractivity contribution is -0.132. The Labute approximate surface area is 115 Å². The molecular weight excluding hydrogens is 272 g/mol. The van der Waals surface area contributed by atoms with E-state index in [1.807, 2.05) is 30.3 Å². The fourth-order valence-electron chi connectivity index (χ4n) is 1.86. The van der Waals surface area contributed by atoms with Gasteiger partial charge in [0.1, 0.15) is 6.04 Å². The smallest absolute Gasteiger partial charge is 0.244 e. The van der Waals surface area contributed by atoms with Gasteiger partial charge < -0.3 is 10.6 Å². The molecule has 1 aliphatic heterocycles. The largest absolute Gasteiger partial charge is 0.339 e. The predicted molar refractivity (Wildman–Crippen MR) is 75.1 cm³/mol. The summed E-state index contributed by atoms with van der Waals surface area (Å²) in [6, 6.07) is 8.73. The molecule has 1 heterocycles. The quantitative estimate of drug-likeness (QED) is 0.871. The Hall–Kier alpha value is -0.910. The third kappa shape index (κ3) is 3.54. The Morgan fingerprint density at radius 1 is 1.22 bits per heavy atom. The average Bonchev–Trinajstić information content (AvgIpc) is 2.39. The van der Waals surface area contributed by atoms with Crippen LogP contribution in [0.5, 0.6) is 0 Å². The maximum Gasteiger partial charge on any atom is 0.244 e. The van der Waals surface area contributed by atoms with Gasteiger partial charge in [-0.2, -0.15) is 0 Å². The molecule has 2 rings (SSSR count). The molecule has 1 aromatic carbocycles. The summed E-state index contributed by atoms with van der Waals surface area (Å²) in [6.07, 6.45) is 0. The fourth-order valence-corrected chi connectivity index (χ4v) is 2.91. The van der Waals surface area contributed by atoms with E-state index in [0.717, 1.165) is 5.56 Å². The summed E-state index contributed by atoms with van der Waals surface area (Å²) in [5.41, 5.74) is 6.76. The van der Waals surface area contributed by atoms with Gasteiger partial charge in [-0.15, -0.1) is 12.4 Å². The van der Waals surface area contributed by atoms with Gasteiger partial charge in [0.15, 0.2) is 0 Å². The monoisotopic (exact) mass is 288 g/mol. The van der Waals surface area contributed by atoms with Crippen molar-refractivity contribution in [3.8, 4) is 0 Å². The van der Waals surface area contributed by atoms with Crippen LogP contribution in [0.1, 0.15) is 11.6 Å². The van der Waals surface area contributed by atoms with Gasteiger partial charge >= 0.3 is 0 Å². The van der Waals surface area contributed by atoms with Crippen molar-refractivity contribution in [2.24, 2.45) is 5.73 Å². The van der Waals surface area contributed by atoms with Gasteiger partial charge in [-0.3, -0.25) is 9.00 Å². The summed E-state index contributed by atoms with van der Waals surface area (Å²) >= 11 is 0. The van der Waals surface area contributed by atoms with Crippen LogP contribution in [0.25, 0.3) is 0 Å². The molecule has 1 unspecified atom stereocenters. The number of hydrogen-bond acceptors (Lipinski definition) is 3. The van der Waals surface area contributed by atoms with Crippen molar-refractivity contribution in [2.75, 3.05) is 24.6 Å². The van der Waals surface area contributed by atoms with Gasteiger partial charge in [0.25, 0.3) is 0 Å². The number of rotatable bonds is 2. The Morgan fingerprint density at radius 3 is 2.33 bits per heavy atom. The zero-order valence-corrected chi connectivity index (χ0v) is 11.6. The van der Waals surface area contributed by atoms with E-state index in [0.29, 0.717) is 24.6 Å². The first-order valence-corrected chi connectivity index (χ1v) is 7.11. The minimum absolute atomic E-state index is 0. The minimum Gasteiger partial charge on any atom is -0.339 e. The molecule has 0 saturated carbocycles. The lowest BCUT2D eigenvalue weighted by atomic mass is 10.1. The van der Waals surface area contributed by atoms with E-state index in [4.69, 9.17) is 5.73 Å². The molecule has 0 bridgehead atoms. The van der Waals surface area contributed by atoms with Crippen LogP contribution < -0.4 is 5.73 Å². The summed E-state index contributed by atoms with van der Waals surface area (Å²) in [7, 11) is -0.770. The second kappa shape index (κ2) is 6.87. The third-order valence-corrected chi connectivity index (χ3v) is 4.19. The van der Waals surface area contributed by atoms with Gasteiger partial charge in [0.05, 0.1) is 0 Å². The molecule has 4 nitrogen and oxygen atoms in total. The molecule has 1 fully saturated rings. The van der Waals surface area contributed by atoms with Crippen molar-refractivity contribution in [1.82, 2.24) is 4.90 Å². The van der Waals surface area contributed by atoms with Gasteiger partial charge in [0.2, 0.25) is 5.91 Å². The number of benzene rings is 1. The van der Waals surface area contributed by atoms with Gasteiger partial charge in [0, 0.05) is 35.4 Å². The molecule has 1 saturated heterocycles. The van der Waals surface area contributed by atoms with Crippen molar-refractivity contribution in [3.05, 3.63) is 35.9 Å². The molecular formula is C12H17ClN2O2S. The van der Waals surface area contributed by atoms with Crippen molar-refractivity contribution in [2.45, 2.75) is 6.04 Å². The first-order chi connectivity index (χ1) is 8.18. The standard InChI is InChI=1S/C12H16N2O2S.ClH/c13-11(10-4-2-1-3-5-10)12(15)14-6-8-17(16)9-7-14;/h1-5,11H,6-9,13H2;1H. The van der Waals surface area contributed by atoms with Crippen LogP contribution in [0, 0.1) is 0 Å². The van der Waals surface area contributed by atoms with Crippen molar-refractivity contribution >= 4 is 29.1 Å². The van der Waals surface area contributed by atoms with E-state index in [1.165, 1.54) is 0 Å². The molecule has 0 aromatic heterocycles. The number of nitrogens with two attached hydrogens (primary N) is 1. The van der Waals surface area contributed by atoms with Crippen LogP contribution in [0.3, 0.4) is 0 Å². The molecule has 18 heavy (non-hydrogen) atoms. The van der Waals surface area contributed by atoms with E-state index < -0.39 is 16.8 Å². The first kappa shape index (κ1) is 15.1. The number of halogens is 1. The summed E-state index contributed by atoms with van der Waals surface area (Å²) < 4.78 is 11.2. The predicted octanol–water partition coefficient (Wildman–Crippen LogP) is 0.699. The second-order valence-corrected chi connectivity index (χ2v) is 5.76. The molecule has 100 valence electrons. The molecule has 0 aliphatic carbocycles. The zero-order valence-electron chi connectivity index (χ0n) is 9.95. The first-order valence-electron chi connectivity index (χ1n) is 5.63. The van der Waals surface area contributed by atoms with Crippen molar-refractivity contribution in [1.29, 1.82) is 0 Å². The second-order valence-electron chi connectivity index (χ2n) is 4.06. The normalized spacial score (nSPS) is 17.9. The molecule has 1 atom stereocenters. The van der Waals surface area contributed by atoms with E-state index in [2.05, 4.69) is 0 Å². The van der Waals surface area contributed by atoms with Crippen LogP contribution >= 0.6 is 12.4 Å². The lowest BCUT2D eigenvalue weighted by Crippen LogP contribution is -2.45. The van der Waals surface area contributed by atoms with Gasteiger partial charge in [-0.05, 0) is 5.56 Å². The van der Waals surface area contributed by atoms with Gasteiger partial charge in [-0.1, -0.05) is 30.3 Å². The fraction of sp³-hybridized carbons (Fsp3) is 0.417. The lowest BCUT2D eigenvalue weighted by Gasteiger charge is -2.28. The highest BCUT2D eigenvalue weighted by Gasteiger charge is 2.25. The summed E-state index contributed by atoms with van der Waals surface area (Å²) in [5.74, 6) is 1.05. The van der Waals surface area contributed by atoms with Crippen LogP contribution in [-0.4, -0.2) is 39.6 Å². The van der Waals surface area contributed by atoms with Crippen LogP contribution in [0.2, 0.25) is 0 Å². The van der Waals surface area contributed by atoms with Crippen LogP contribution in [0.4, 0.5) is 0 Å². The van der Waals surface area contributed by atoms with Crippen molar-refractivity contribution < 1.29 is 9.00 Å². The zero-order chi connectivity index (χ0) is 12.3. The summed E-state index contributed by atoms with van der Waals surface area (Å²) in [6.45, 7) is 1.10. The van der Waals surface area contributed by atoms with Crippen LogP contribution in [0.15, 0.2) is 30.3 Å². The summed E-state index contributed by atoms with van der Waals surface area (Å²) in [5, 5.41) is 0. The Morgan fingerprint density at radius 2 is 1.78 bits per heavy atom. The van der Waals surface area contributed by atoms with Crippen LogP contribution in [-0.2, 0) is 15.6 Å².